The molecule has 0 radical (unpaired) electrons. The van der Waals surface area contributed by atoms with Gasteiger partial charge in [0.05, 0.1) is 14.2 Å². The Morgan fingerprint density at radius 3 is 2.32 bits per heavy atom. The van der Waals surface area contributed by atoms with Crippen molar-refractivity contribution < 1.29 is 19.1 Å². The van der Waals surface area contributed by atoms with Crippen LogP contribution in [0.15, 0.2) is 58.8 Å². The van der Waals surface area contributed by atoms with E-state index in [1.54, 1.807) is 42.5 Å². The molecule has 7 heteroatoms. The predicted octanol–water partition coefficient (Wildman–Crippen LogP) is 3.38. The van der Waals surface area contributed by atoms with Crippen molar-refractivity contribution in [1.82, 2.24) is 0 Å². The third-order valence-electron chi connectivity index (χ3n) is 3.34. The second-order valence-electron chi connectivity index (χ2n) is 5.10. The summed E-state index contributed by atoms with van der Waals surface area (Å²) in [5.41, 5.74) is 0.938. The molecule has 0 fully saturated rings. The molecule has 0 saturated carbocycles. The van der Waals surface area contributed by atoms with E-state index in [4.69, 9.17) is 9.47 Å². The Morgan fingerprint density at radius 2 is 1.72 bits per heavy atom. The van der Waals surface area contributed by atoms with Crippen LogP contribution in [0.3, 0.4) is 0 Å². The smallest absolute Gasteiger partial charge is 0.258 e. The van der Waals surface area contributed by atoms with Crippen LogP contribution in [-0.2, 0) is 9.59 Å². The van der Waals surface area contributed by atoms with Gasteiger partial charge in [-0.1, -0.05) is 24.3 Å². The molecule has 25 heavy (non-hydrogen) atoms. The van der Waals surface area contributed by atoms with Crippen LogP contribution in [0.5, 0.6) is 11.5 Å². The summed E-state index contributed by atoms with van der Waals surface area (Å²) in [4.78, 5) is 24.1. The number of anilines is 1. The van der Waals surface area contributed by atoms with Crippen molar-refractivity contribution in [3.8, 4) is 11.5 Å². The molecule has 0 heterocycles. The van der Waals surface area contributed by atoms with Gasteiger partial charge in [0.15, 0.2) is 17.3 Å². The Labute approximate surface area is 145 Å². The molecule has 2 aromatic carbocycles. The highest BCUT2D eigenvalue weighted by Gasteiger charge is 2.23. The van der Waals surface area contributed by atoms with Crippen LogP contribution in [-0.4, -0.2) is 32.0 Å². The number of ether oxygens (including phenoxy) is 2. The van der Waals surface area contributed by atoms with E-state index in [0.29, 0.717) is 22.9 Å². The number of amides is 1. The van der Waals surface area contributed by atoms with Crippen molar-refractivity contribution in [2.75, 3.05) is 19.5 Å². The van der Waals surface area contributed by atoms with Crippen molar-refractivity contribution in [3.63, 3.8) is 0 Å². The van der Waals surface area contributed by atoms with Crippen LogP contribution in [0.4, 0.5) is 11.4 Å². The van der Waals surface area contributed by atoms with Crippen molar-refractivity contribution >= 4 is 23.1 Å². The molecule has 0 aromatic heterocycles. The number of Topliss-reactive ketones (excluding diaryl/α,β-unsaturated/α-hetero) is 1. The molecule has 0 aliphatic rings. The maximum atomic E-state index is 12.3. The minimum Gasteiger partial charge on any atom is -0.493 e. The Balaban J connectivity index is 2.23. The number of nitrogens with one attached hydrogen (secondary N) is 1. The highest BCUT2D eigenvalue weighted by Crippen LogP contribution is 2.37. The number of rotatable bonds is 7. The molecule has 7 nitrogen and oxygen atoms in total. The maximum Gasteiger partial charge on any atom is 0.258 e. The number of hydrogen-bond acceptors (Lipinski definition) is 6. The number of methoxy groups -OCH3 is 2. The van der Waals surface area contributed by atoms with E-state index in [-0.39, 0.29) is 0 Å². The van der Waals surface area contributed by atoms with E-state index in [2.05, 4.69) is 15.5 Å². The van der Waals surface area contributed by atoms with E-state index in [0.717, 1.165) is 0 Å². The van der Waals surface area contributed by atoms with E-state index < -0.39 is 17.7 Å². The number of benzene rings is 2. The van der Waals surface area contributed by atoms with Crippen LogP contribution in [0.25, 0.3) is 0 Å². The summed E-state index contributed by atoms with van der Waals surface area (Å²) < 4.78 is 10.4. The summed E-state index contributed by atoms with van der Waals surface area (Å²) in [5.74, 6) is -0.116. The maximum absolute atomic E-state index is 12.3. The third-order valence-corrected chi connectivity index (χ3v) is 3.34. The minimum absolute atomic E-state index is 0.362. The van der Waals surface area contributed by atoms with Gasteiger partial charge in [0.2, 0.25) is 6.04 Å². The summed E-state index contributed by atoms with van der Waals surface area (Å²) in [5, 5.41) is 10.6. The van der Waals surface area contributed by atoms with Gasteiger partial charge in [-0.3, -0.25) is 9.59 Å². The van der Waals surface area contributed by atoms with Crippen LogP contribution in [0.1, 0.15) is 6.92 Å². The fourth-order valence-electron chi connectivity index (χ4n) is 2.12. The molecule has 1 amide bonds. The van der Waals surface area contributed by atoms with Gasteiger partial charge in [-0.05, 0) is 31.2 Å². The van der Waals surface area contributed by atoms with Crippen molar-refractivity contribution in [2.24, 2.45) is 10.2 Å². The first kappa shape index (κ1) is 18.1. The fraction of sp³-hybridized carbons (Fsp3) is 0.222. The molecule has 130 valence electrons. The monoisotopic (exact) mass is 341 g/mol. The van der Waals surface area contributed by atoms with Gasteiger partial charge in [-0.2, -0.15) is 10.2 Å². The van der Waals surface area contributed by atoms with Crippen LogP contribution in [0.2, 0.25) is 0 Å². The average molecular weight is 341 g/mol. The van der Waals surface area contributed by atoms with Crippen LogP contribution in [0, 0.1) is 0 Å². The summed E-state index contributed by atoms with van der Waals surface area (Å²) >= 11 is 0. The lowest BCUT2D eigenvalue weighted by Crippen LogP contribution is -2.31. The third kappa shape index (κ3) is 4.63. The lowest BCUT2D eigenvalue weighted by molar-refractivity contribution is -0.126. The zero-order chi connectivity index (χ0) is 18.2. The largest absolute Gasteiger partial charge is 0.493 e. The molecule has 0 aliphatic heterocycles. The Morgan fingerprint density at radius 1 is 1.00 bits per heavy atom. The van der Waals surface area contributed by atoms with Crippen molar-refractivity contribution in [3.05, 3.63) is 48.5 Å². The first-order valence-electron chi connectivity index (χ1n) is 7.55. The summed E-state index contributed by atoms with van der Waals surface area (Å²) in [6.45, 7) is 1.29. The van der Waals surface area contributed by atoms with Crippen LogP contribution < -0.4 is 14.8 Å². The molecule has 0 saturated heterocycles. The molecule has 1 atom stereocenters. The van der Waals surface area contributed by atoms with Gasteiger partial charge in [0, 0.05) is 5.69 Å². The molecule has 0 aliphatic carbocycles. The average Bonchev–Trinajstić information content (AvgIpc) is 2.62. The number of para-hydroxylation sites is 2. The van der Waals surface area contributed by atoms with E-state index >= 15 is 0 Å². The molecular formula is C18H19N3O4. The van der Waals surface area contributed by atoms with Crippen LogP contribution >= 0.6 is 0 Å². The topological polar surface area (TPSA) is 89.4 Å². The Hall–Kier alpha value is -3.22. The lowest BCUT2D eigenvalue weighted by Gasteiger charge is -2.11. The predicted molar refractivity (Wildman–Crippen MR) is 93.6 cm³/mol. The first-order chi connectivity index (χ1) is 12.1. The normalized spacial score (nSPS) is 11.8. The number of carbonyl (C=O) groups is 2. The second kappa shape index (κ2) is 8.58. The lowest BCUT2D eigenvalue weighted by atomic mass is 10.2. The highest BCUT2D eigenvalue weighted by atomic mass is 16.5. The highest BCUT2D eigenvalue weighted by molar-refractivity contribution is 6.10. The summed E-state index contributed by atoms with van der Waals surface area (Å²) in [6, 6.07) is 12.6. The minimum atomic E-state index is -1.25. The first-order valence-corrected chi connectivity index (χ1v) is 7.55. The number of nitrogens with zero attached hydrogens (tertiary/aromatic N) is 2. The standard InChI is InChI=1S/C18H19N3O4/c1-12(22)16(18(23)19-13-8-5-4-6-9-13)21-20-14-10-7-11-15(24-2)17(14)25-3/h4-11,16H,1-3H3,(H,19,23). The number of azo groups is 1. The molecule has 0 bridgehead atoms. The van der Waals surface area contributed by atoms with E-state index in [9.17, 15) is 9.59 Å². The van der Waals surface area contributed by atoms with Gasteiger partial charge in [0.1, 0.15) is 5.69 Å². The zero-order valence-electron chi connectivity index (χ0n) is 14.2. The second-order valence-corrected chi connectivity index (χ2v) is 5.10. The number of ketones is 1. The number of hydrogen-bond donors (Lipinski definition) is 1. The van der Waals surface area contributed by atoms with Gasteiger partial charge < -0.3 is 14.8 Å². The Kier molecular flexibility index (Phi) is 6.22. The summed E-state index contributed by atoms with van der Waals surface area (Å²) in [6.07, 6.45) is 0. The SMILES string of the molecule is COc1cccc(N=NC(C(C)=O)C(=O)Nc2ccccc2)c1OC. The zero-order valence-corrected chi connectivity index (χ0v) is 14.2. The molecule has 1 unspecified atom stereocenters. The molecular weight excluding hydrogens is 322 g/mol. The van der Waals surface area contributed by atoms with Gasteiger partial charge in [0.25, 0.3) is 5.91 Å². The van der Waals surface area contributed by atoms with E-state index in [1.807, 2.05) is 6.07 Å². The Bertz CT molecular complexity index is 775. The quantitative estimate of drug-likeness (QED) is 0.617. The number of carbonyl (C=O) groups excluding carboxylic acids is 2. The van der Waals surface area contributed by atoms with Gasteiger partial charge in [-0.15, -0.1) is 0 Å². The molecule has 1 N–H and O–H groups in total. The van der Waals surface area contributed by atoms with Gasteiger partial charge >= 0.3 is 0 Å². The van der Waals surface area contributed by atoms with E-state index in [1.165, 1.54) is 21.1 Å². The van der Waals surface area contributed by atoms with Crippen molar-refractivity contribution in [1.29, 1.82) is 0 Å². The molecule has 2 rings (SSSR count). The van der Waals surface area contributed by atoms with Gasteiger partial charge in [-0.25, -0.2) is 0 Å². The molecule has 2 aromatic rings. The summed E-state index contributed by atoms with van der Waals surface area (Å²) in [7, 11) is 2.98. The fourth-order valence-corrected chi connectivity index (χ4v) is 2.12. The van der Waals surface area contributed by atoms with Crippen molar-refractivity contribution in [2.45, 2.75) is 13.0 Å². The molecule has 0 spiro atoms.